The predicted octanol–water partition coefficient (Wildman–Crippen LogP) is 2.90. The van der Waals surface area contributed by atoms with Gasteiger partial charge in [-0.2, -0.15) is 0 Å². The Balaban J connectivity index is 1.69. The third kappa shape index (κ3) is 2.61. The van der Waals surface area contributed by atoms with Crippen molar-refractivity contribution in [3.63, 3.8) is 0 Å². The van der Waals surface area contributed by atoms with Crippen molar-refractivity contribution < 1.29 is 0 Å². The summed E-state index contributed by atoms with van der Waals surface area (Å²) in [4.78, 5) is 4.17. The molecule has 0 amide bonds. The number of benzene rings is 1. The Kier molecular flexibility index (Phi) is 3.47. The number of hydrogen-bond acceptors (Lipinski definition) is 3. The van der Waals surface area contributed by atoms with Gasteiger partial charge in [-0.25, -0.2) is 0 Å². The molecular formula is C16H19N3. The highest BCUT2D eigenvalue weighted by molar-refractivity contribution is 5.61. The summed E-state index contributed by atoms with van der Waals surface area (Å²) in [7, 11) is 0. The largest absolute Gasteiger partial charge is 0.384 e. The Bertz CT molecular complexity index is 551. The van der Waals surface area contributed by atoms with Gasteiger partial charge in [-0.05, 0) is 36.1 Å². The highest BCUT2D eigenvalue weighted by Crippen LogP contribution is 2.26. The topological polar surface area (TPSA) is 37.0 Å². The van der Waals surface area contributed by atoms with E-state index in [1.165, 1.54) is 22.4 Å². The summed E-state index contributed by atoms with van der Waals surface area (Å²) < 4.78 is 0. The second-order valence-corrected chi connectivity index (χ2v) is 5.02. The quantitative estimate of drug-likeness (QED) is 0.879. The van der Waals surface area contributed by atoms with Crippen LogP contribution in [0.5, 0.6) is 0 Å². The molecule has 1 aliphatic rings. The molecule has 2 aromatic rings. The van der Waals surface area contributed by atoms with Crippen LogP contribution in [0.3, 0.4) is 0 Å². The SMILES string of the molecule is C[C@H](NCc1cccc2c1NCC2)c1cccnc1. The molecule has 3 nitrogen and oxygen atoms in total. The molecule has 0 bridgehead atoms. The zero-order chi connectivity index (χ0) is 13.1. The number of para-hydroxylation sites is 1. The minimum Gasteiger partial charge on any atom is -0.384 e. The zero-order valence-electron chi connectivity index (χ0n) is 11.2. The van der Waals surface area contributed by atoms with Crippen LogP contribution in [0.2, 0.25) is 0 Å². The lowest BCUT2D eigenvalue weighted by molar-refractivity contribution is 0.573. The maximum Gasteiger partial charge on any atom is 0.0419 e. The molecule has 3 heteroatoms. The molecule has 0 spiro atoms. The van der Waals surface area contributed by atoms with Crippen molar-refractivity contribution in [2.45, 2.75) is 25.9 Å². The van der Waals surface area contributed by atoms with Crippen molar-refractivity contribution in [2.75, 3.05) is 11.9 Å². The fourth-order valence-electron chi connectivity index (χ4n) is 2.57. The van der Waals surface area contributed by atoms with Gasteiger partial charge in [0.25, 0.3) is 0 Å². The predicted molar refractivity (Wildman–Crippen MR) is 78.1 cm³/mol. The minimum atomic E-state index is 0.311. The van der Waals surface area contributed by atoms with E-state index in [4.69, 9.17) is 0 Å². The van der Waals surface area contributed by atoms with Crippen LogP contribution < -0.4 is 10.6 Å². The van der Waals surface area contributed by atoms with Gasteiger partial charge in [0.2, 0.25) is 0 Å². The number of pyridine rings is 1. The molecule has 19 heavy (non-hydrogen) atoms. The van der Waals surface area contributed by atoms with Crippen LogP contribution in [-0.2, 0) is 13.0 Å². The second kappa shape index (κ2) is 5.41. The van der Waals surface area contributed by atoms with Gasteiger partial charge in [-0.1, -0.05) is 24.3 Å². The third-order valence-electron chi connectivity index (χ3n) is 3.72. The number of rotatable bonds is 4. The average Bonchev–Trinajstić information content (AvgIpc) is 2.94. The highest BCUT2D eigenvalue weighted by atomic mass is 14.9. The van der Waals surface area contributed by atoms with E-state index in [0.717, 1.165) is 19.5 Å². The van der Waals surface area contributed by atoms with Crippen LogP contribution in [0.4, 0.5) is 5.69 Å². The lowest BCUT2D eigenvalue weighted by Gasteiger charge is -2.15. The number of nitrogens with zero attached hydrogens (tertiary/aromatic N) is 1. The fraction of sp³-hybridized carbons (Fsp3) is 0.312. The summed E-state index contributed by atoms with van der Waals surface area (Å²) in [6, 6.07) is 11.0. The molecular weight excluding hydrogens is 234 g/mol. The molecule has 0 saturated heterocycles. The van der Waals surface area contributed by atoms with Gasteiger partial charge in [0.1, 0.15) is 0 Å². The Labute approximate surface area is 114 Å². The van der Waals surface area contributed by atoms with E-state index in [0.29, 0.717) is 6.04 Å². The first kappa shape index (κ1) is 12.2. The molecule has 0 aliphatic carbocycles. The molecule has 1 atom stereocenters. The summed E-state index contributed by atoms with van der Waals surface area (Å²) in [5.74, 6) is 0. The van der Waals surface area contributed by atoms with Crippen LogP contribution >= 0.6 is 0 Å². The van der Waals surface area contributed by atoms with Gasteiger partial charge in [0.05, 0.1) is 0 Å². The van der Waals surface area contributed by atoms with Gasteiger partial charge in [0, 0.05) is 37.2 Å². The Morgan fingerprint density at radius 1 is 1.32 bits per heavy atom. The molecule has 0 fully saturated rings. The number of fused-ring (bicyclic) bond motifs is 1. The van der Waals surface area contributed by atoms with E-state index in [9.17, 15) is 0 Å². The van der Waals surface area contributed by atoms with Gasteiger partial charge in [0.15, 0.2) is 0 Å². The summed E-state index contributed by atoms with van der Waals surface area (Å²) >= 11 is 0. The van der Waals surface area contributed by atoms with Crippen LogP contribution in [0.1, 0.15) is 29.7 Å². The standard InChI is InChI=1S/C16H19N3/c1-12(14-6-3-8-17-10-14)19-11-15-5-2-4-13-7-9-18-16(13)15/h2-6,8,10,12,18-19H,7,9,11H2,1H3/t12-/m0/s1. The van der Waals surface area contributed by atoms with E-state index < -0.39 is 0 Å². The van der Waals surface area contributed by atoms with Gasteiger partial charge >= 0.3 is 0 Å². The molecule has 0 saturated carbocycles. The van der Waals surface area contributed by atoms with Crippen LogP contribution in [0.15, 0.2) is 42.7 Å². The van der Waals surface area contributed by atoms with E-state index >= 15 is 0 Å². The average molecular weight is 253 g/mol. The van der Waals surface area contributed by atoms with Crippen molar-refractivity contribution >= 4 is 5.69 Å². The number of hydrogen-bond donors (Lipinski definition) is 2. The van der Waals surface area contributed by atoms with E-state index in [-0.39, 0.29) is 0 Å². The zero-order valence-corrected chi connectivity index (χ0v) is 11.2. The lowest BCUT2D eigenvalue weighted by atomic mass is 10.1. The van der Waals surface area contributed by atoms with Crippen molar-refractivity contribution in [3.05, 3.63) is 59.4 Å². The summed E-state index contributed by atoms with van der Waals surface area (Å²) in [6.07, 6.45) is 4.87. The lowest BCUT2D eigenvalue weighted by Crippen LogP contribution is -2.18. The summed E-state index contributed by atoms with van der Waals surface area (Å²) in [5, 5.41) is 7.04. The molecule has 0 unspecified atom stereocenters. The molecule has 98 valence electrons. The van der Waals surface area contributed by atoms with Crippen molar-refractivity contribution in [1.29, 1.82) is 0 Å². The van der Waals surface area contributed by atoms with Crippen LogP contribution in [0.25, 0.3) is 0 Å². The first-order valence-electron chi connectivity index (χ1n) is 6.82. The fourth-order valence-corrected chi connectivity index (χ4v) is 2.57. The van der Waals surface area contributed by atoms with Crippen LogP contribution in [-0.4, -0.2) is 11.5 Å². The van der Waals surface area contributed by atoms with E-state index in [1.807, 2.05) is 18.5 Å². The summed E-state index contributed by atoms with van der Waals surface area (Å²) in [5.41, 5.74) is 5.34. The number of nitrogens with one attached hydrogen (secondary N) is 2. The molecule has 1 aliphatic heterocycles. The van der Waals surface area contributed by atoms with Crippen molar-refractivity contribution in [3.8, 4) is 0 Å². The normalized spacial score (nSPS) is 14.8. The molecule has 3 rings (SSSR count). The van der Waals surface area contributed by atoms with Crippen molar-refractivity contribution in [2.24, 2.45) is 0 Å². The summed E-state index contributed by atoms with van der Waals surface area (Å²) in [6.45, 7) is 4.12. The maximum atomic E-state index is 4.17. The van der Waals surface area contributed by atoms with E-state index in [2.05, 4.69) is 46.8 Å². The first-order chi connectivity index (χ1) is 9.34. The van der Waals surface area contributed by atoms with Gasteiger partial charge in [-0.3, -0.25) is 4.98 Å². The van der Waals surface area contributed by atoms with Gasteiger partial charge in [-0.15, -0.1) is 0 Å². The number of aromatic nitrogens is 1. The molecule has 2 heterocycles. The first-order valence-corrected chi connectivity index (χ1v) is 6.82. The Morgan fingerprint density at radius 2 is 2.26 bits per heavy atom. The third-order valence-corrected chi connectivity index (χ3v) is 3.72. The van der Waals surface area contributed by atoms with E-state index in [1.54, 1.807) is 0 Å². The molecule has 1 aromatic carbocycles. The van der Waals surface area contributed by atoms with Crippen LogP contribution in [0, 0.1) is 0 Å². The highest BCUT2D eigenvalue weighted by Gasteiger charge is 2.14. The Morgan fingerprint density at radius 3 is 3.11 bits per heavy atom. The smallest absolute Gasteiger partial charge is 0.0419 e. The van der Waals surface area contributed by atoms with Crippen molar-refractivity contribution in [1.82, 2.24) is 10.3 Å². The second-order valence-electron chi connectivity index (χ2n) is 5.02. The maximum absolute atomic E-state index is 4.17. The molecule has 2 N–H and O–H groups in total. The molecule has 0 radical (unpaired) electrons. The Hall–Kier alpha value is -1.87. The monoisotopic (exact) mass is 253 g/mol. The number of anilines is 1. The minimum absolute atomic E-state index is 0.311. The van der Waals surface area contributed by atoms with Gasteiger partial charge < -0.3 is 10.6 Å². The molecule has 1 aromatic heterocycles.